The average molecular weight is 206 g/mol. The number of carboxylic acids is 1. The van der Waals surface area contributed by atoms with Crippen molar-refractivity contribution in [3.63, 3.8) is 0 Å². The van der Waals surface area contributed by atoms with Gasteiger partial charge in [0.05, 0.1) is 5.92 Å². The summed E-state index contributed by atoms with van der Waals surface area (Å²) in [4.78, 5) is 10.4. The molecule has 0 aliphatic rings. The highest BCUT2D eigenvalue weighted by Gasteiger charge is 2.13. The van der Waals surface area contributed by atoms with E-state index in [-0.39, 0.29) is 0 Å². The summed E-state index contributed by atoms with van der Waals surface area (Å²) in [6.07, 6.45) is 3.12. The smallest absolute Gasteiger partial charge is 0.307 e. The zero-order valence-corrected chi connectivity index (χ0v) is 9.10. The number of hydrogen-bond acceptors (Lipinski definition) is 2. The lowest BCUT2D eigenvalue weighted by Crippen LogP contribution is -2.18. The first-order valence-corrected chi connectivity index (χ1v) is 6.14. The van der Waals surface area contributed by atoms with Crippen LogP contribution >= 0.6 is 0 Å². The molecule has 0 saturated heterocycles. The van der Waals surface area contributed by atoms with E-state index in [1.54, 1.807) is 6.92 Å². The molecule has 0 fully saturated rings. The summed E-state index contributed by atoms with van der Waals surface area (Å²) < 4.78 is 11.3. The first-order chi connectivity index (χ1) is 6.07. The van der Waals surface area contributed by atoms with Crippen molar-refractivity contribution in [3.8, 4) is 0 Å². The minimum atomic E-state index is -0.953. The van der Waals surface area contributed by atoms with Crippen molar-refractivity contribution < 1.29 is 14.1 Å². The molecule has 0 aliphatic heterocycles. The SMILES string of the molecule is CCCCCS(=O)CC(C)C(=O)O. The second-order valence-corrected chi connectivity index (χ2v) is 4.88. The number of aliphatic carboxylic acids is 1. The molecule has 0 bridgehead atoms. The summed E-state index contributed by atoms with van der Waals surface area (Å²) in [5.74, 6) is -0.406. The van der Waals surface area contributed by atoms with Crippen LogP contribution in [-0.2, 0) is 15.6 Å². The number of rotatable bonds is 7. The predicted octanol–water partition coefficient (Wildman–Crippen LogP) is 1.65. The van der Waals surface area contributed by atoms with Gasteiger partial charge < -0.3 is 5.11 Å². The molecule has 13 heavy (non-hydrogen) atoms. The Morgan fingerprint density at radius 3 is 2.54 bits per heavy atom. The molecule has 0 saturated carbocycles. The zero-order chi connectivity index (χ0) is 10.3. The van der Waals surface area contributed by atoms with Crippen molar-refractivity contribution in [2.24, 2.45) is 5.92 Å². The van der Waals surface area contributed by atoms with Gasteiger partial charge in [-0.15, -0.1) is 0 Å². The lowest BCUT2D eigenvalue weighted by atomic mass is 10.2. The molecule has 0 aliphatic carbocycles. The molecule has 0 spiro atoms. The van der Waals surface area contributed by atoms with Crippen LogP contribution in [0.5, 0.6) is 0 Å². The van der Waals surface area contributed by atoms with Gasteiger partial charge in [0.1, 0.15) is 0 Å². The molecule has 0 aromatic carbocycles. The van der Waals surface area contributed by atoms with Crippen molar-refractivity contribution in [1.29, 1.82) is 0 Å². The molecule has 2 atom stereocenters. The van der Waals surface area contributed by atoms with Crippen molar-refractivity contribution in [3.05, 3.63) is 0 Å². The lowest BCUT2D eigenvalue weighted by molar-refractivity contribution is -0.140. The van der Waals surface area contributed by atoms with E-state index in [1.165, 1.54) is 0 Å². The van der Waals surface area contributed by atoms with E-state index in [1.807, 2.05) is 0 Å². The maximum atomic E-state index is 11.3. The number of carbonyl (C=O) groups is 1. The molecule has 78 valence electrons. The van der Waals surface area contributed by atoms with Gasteiger partial charge in [0.15, 0.2) is 0 Å². The van der Waals surface area contributed by atoms with Crippen LogP contribution in [-0.4, -0.2) is 26.8 Å². The van der Waals surface area contributed by atoms with Gasteiger partial charge in [-0.25, -0.2) is 0 Å². The maximum absolute atomic E-state index is 11.3. The minimum Gasteiger partial charge on any atom is -0.481 e. The molecular formula is C9H18O3S. The Hall–Kier alpha value is -0.380. The monoisotopic (exact) mass is 206 g/mol. The Morgan fingerprint density at radius 1 is 1.46 bits per heavy atom. The van der Waals surface area contributed by atoms with Gasteiger partial charge in [0, 0.05) is 22.3 Å². The maximum Gasteiger partial charge on any atom is 0.307 e. The van der Waals surface area contributed by atoms with E-state index < -0.39 is 22.7 Å². The Balaban J connectivity index is 3.56. The Labute approximate surface area is 82.0 Å². The average Bonchev–Trinajstić information content (AvgIpc) is 2.04. The summed E-state index contributed by atoms with van der Waals surface area (Å²) in [5.41, 5.74) is 0. The second-order valence-electron chi connectivity index (χ2n) is 3.26. The Bertz CT molecular complexity index is 180. The van der Waals surface area contributed by atoms with Gasteiger partial charge in [-0.1, -0.05) is 26.7 Å². The molecular weight excluding hydrogens is 188 g/mol. The van der Waals surface area contributed by atoms with Crippen LogP contribution in [0.1, 0.15) is 33.1 Å². The molecule has 0 aromatic heterocycles. The van der Waals surface area contributed by atoms with Crippen molar-refractivity contribution in [2.45, 2.75) is 33.1 Å². The normalized spacial score (nSPS) is 15.2. The van der Waals surface area contributed by atoms with Gasteiger partial charge in [-0.3, -0.25) is 9.00 Å². The van der Waals surface area contributed by atoms with Crippen LogP contribution in [0.3, 0.4) is 0 Å². The molecule has 3 nitrogen and oxygen atoms in total. The molecule has 4 heteroatoms. The summed E-state index contributed by atoms with van der Waals surface area (Å²) in [6.45, 7) is 3.68. The fourth-order valence-corrected chi connectivity index (χ4v) is 2.34. The van der Waals surface area contributed by atoms with Crippen LogP contribution in [0.15, 0.2) is 0 Å². The summed E-state index contributed by atoms with van der Waals surface area (Å²) in [5, 5.41) is 8.57. The van der Waals surface area contributed by atoms with E-state index in [0.717, 1.165) is 19.3 Å². The summed E-state index contributed by atoms with van der Waals surface area (Å²) >= 11 is 0. The third-order valence-corrected chi connectivity index (χ3v) is 3.45. The molecule has 0 rings (SSSR count). The van der Waals surface area contributed by atoms with Crippen molar-refractivity contribution in [1.82, 2.24) is 0 Å². The summed E-state index contributed by atoms with van der Waals surface area (Å²) in [6, 6.07) is 0. The Kier molecular flexibility index (Phi) is 6.86. The molecule has 1 N–H and O–H groups in total. The van der Waals surface area contributed by atoms with Gasteiger partial charge in [-0.05, 0) is 6.42 Å². The molecule has 2 unspecified atom stereocenters. The van der Waals surface area contributed by atoms with Gasteiger partial charge >= 0.3 is 5.97 Å². The molecule has 0 heterocycles. The highest BCUT2D eigenvalue weighted by molar-refractivity contribution is 7.85. The topological polar surface area (TPSA) is 54.4 Å². The predicted molar refractivity (Wildman–Crippen MR) is 54.2 cm³/mol. The van der Waals surface area contributed by atoms with Crippen molar-refractivity contribution >= 4 is 16.8 Å². The second kappa shape index (κ2) is 7.06. The first-order valence-electron chi connectivity index (χ1n) is 4.65. The number of carboxylic acid groups (broad SMARTS) is 1. The standard InChI is InChI=1S/C9H18O3S/c1-3-4-5-6-13(12)7-8(2)9(10)11/h8H,3-7H2,1-2H3,(H,10,11). The van der Waals surface area contributed by atoms with Gasteiger partial charge in [0.2, 0.25) is 0 Å². The van der Waals surface area contributed by atoms with Gasteiger partial charge in [-0.2, -0.15) is 0 Å². The zero-order valence-electron chi connectivity index (χ0n) is 8.28. The largest absolute Gasteiger partial charge is 0.481 e. The number of hydrogen-bond donors (Lipinski definition) is 1. The fraction of sp³-hybridized carbons (Fsp3) is 0.889. The third kappa shape index (κ3) is 6.75. The van der Waals surface area contributed by atoms with E-state index in [2.05, 4.69) is 6.92 Å². The van der Waals surface area contributed by atoms with Crippen LogP contribution in [0.2, 0.25) is 0 Å². The molecule has 0 radical (unpaired) electrons. The quantitative estimate of drug-likeness (QED) is 0.644. The fourth-order valence-electron chi connectivity index (χ4n) is 0.947. The van der Waals surface area contributed by atoms with E-state index >= 15 is 0 Å². The van der Waals surface area contributed by atoms with E-state index in [0.29, 0.717) is 11.5 Å². The van der Waals surface area contributed by atoms with Crippen LogP contribution in [0.25, 0.3) is 0 Å². The van der Waals surface area contributed by atoms with E-state index in [4.69, 9.17) is 5.11 Å². The molecule has 0 amide bonds. The first kappa shape index (κ1) is 12.6. The number of unbranched alkanes of at least 4 members (excludes halogenated alkanes) is 2. The lowest BCUT2D eigenvalue weighted by Gasteiger charge is -2.05. The van der Waals surface area contributed by atoms with E-state index in [9.17, 15) is 9.00 Å². The highest BCUT2D eigenvalue weighted by Crippen LogP contribution is 2.02. The van der Waals surface area contributed by atoms with Crippen LogP contribution < -0.4 is 0 Å². The minimum absolute atomic E-state index is 0.291. The van der Waals surface area contributed by atoms with Crippen LogP contribution in [0.4, 0.5) is 0 Å². The third-order valence-electron chi connectivity index (χ3n) is 1.83. The van der Waals surface area contributed by atoms with Gasteiger partial charge in [0.25, 0.3) is 0 Å². The highest BCUT2D eigenvalue weighted by atomic mass is 32.2. The molecule has 0 aromatic rings. The van der Waals surface area contributed by atoms with Crippen molar-refractivity contribution in [2.75, 3.05) is 11.5 Å². The van der Waals surface area contributed by atoms with Crippen LogP contribution in [0, 0.1) is 5.92 Å². The summed E-state index contributed by atoms with van der Waals surface area (Å²) in [7, 11) is -0.953. The Morgan fingerprint density at radius 2 is 2.08 bits per heavy atom.